The van der Waals surface area contributed by atoms with E-state index in [0.717, 1.165) is 0 Å². The summed E-state index contributed by atoms with van der Waals surface area (Å²) in [5.74, 6) is 0.167. The van der Waals surface area contributed by atoms with Crippen molar-refractivity contribution in [3.63, 3.8) is 0 Å². The van der Waals surface area contributed by atoms with Gasteiger partial charge in [-0.25, -0.2) is 0 Å². The zero-order chi connectivity index (χ0) is 17.3. The standard InChI is InChI=1S/C15H9ClF6O/c16-12-3-1-2-4-13(12)23-8-9-5-10(14(17,18)19)7-11(6-9)15(20,21)22/h1-7H,8H2. The van der Waals surface area contributed by atoms with Gasteiger partial charge in [-0.05, 0) is 35.9 Å². The summed E-state index contributed by atoms with van der Waals surface area (Å²) in [7, 11) is 0. The molecule has 0 bridgehead atoms. The largest absolute Gasteiger partial charge is 0.487 e. The smallest absolute Gasteiger partial charge is 0.416 e. The number of benzene rings is 2. The minimum atomic E-state index is -4.89. The van der Waals surface area contributed by atoms with Crippen molar-refractivity contribution in [2.75, 3.05) is 0 Å². The van der Waals surface area contributed by atoms with Gasteiger partial charge in [0.2, 0.25) is 0 Å². The van der Waals surface area contributed by atoms with Gasteiger partial charge in [0.1, 0.15) is 12.4 Å². The van der Waals surface area contributed by atoms with Gasteiger partial charge in [0.25, 0.3) is 0 Å². The summed E-state index contributed by atoms with van der Waals surface area (Å²) < 4.78 is 81.6. The maximum Gasteiger partial charge on any atom is 0.416 e. The molecule has 2 rings (SSSR count). The van der Waals surface area contributed by atoms with E-state index in [1.54, 1.807) is 12.1 Å². The van der Waals surface area contributed by atoms with Crippen LogP contribution in [-0.2, 0) is 19.0 Å². The number of rotatable bonds is 3. The van der Waals surface area contributed by atoms with Crippen molar-refractivity contribution in [2.45, 2.75) is 19.0 Å². The van der Waals surface area contributed by atoms with Crippen LogP contribution in [0.15, 0.2) is 42.5 Å². The molecule has 0 amide bonds. The Balaban J connectivity index is 2.32. The Kier molecular flexibility index (Phi) is 4.79. The van der Waals surface area contributed by atoms with E-state index in [2.05, 4.69) is 0 Å². The maximum atomic E-state index is 12.7. The molecule has 0 spiro atoms. The Morgan fingerprint density at radius 1 is 0.826 bits per heavy atom. The van der Waals surface area contributed by atoms with E-state index in [0.29, 0.717) is 12.1 Å². The molecule has 0 saturated heterocycles. The number of para-hydroxylation sites is 1. The number of hydrogen-bond donors (Lipinski definition) is 0. The molecule has 0 aliphatic rings. The first-order valence-corrected chi connectivity index (χ1v) is 6.61. The van der Waals surface area contributed by atoms with Crippen molar-refractivity contribution >= 4 is 11.6 Å². The first-order valence-electron chi connectivity index (χ1n) is 6.23. The topological polar surface area (TPSA) is 9.23 Å². The molecule has 2 aromatic carbocycles. The second-order valence-electron chi connectivity index (χ2n) is 4.63. The molecule has 0 atom stereocenters. The minimum absolute atomic E-state index is 0.0684. The average molecular weight is 355 g/mol. The predicted molar refractivity (Wildman–Crippen MR) is 72.2 cm³/mol. The molecular formula is C15H9ClF6O. The molecular weight excluding hydrogens is 346 g/mol. The van der Waals surface area contributed by atoms with Crippen molar-refractivity contribution in [1.82, 2.24) is 0 Å². The predicted octanol–water partition coefficient (Wildman–Crippen LogP) is 5.96. The van der Waals surface area contributed by atoms with Crippen LogP contribution in [0.3, 0.4) is 0 Å². The minimum Gasteiger partial charge on any atom is -0.487 e. The van der Waals surface area contributed by atoms with Crippen LogP contribution in [0.1, 0.15) is 16.7 Å². The van der Waals surface area contributed by atoms with E-state index >= 15 is 0 Å². The molecule has 124 valence electrons. The average Bonchev–Trinajstić information content (AvgIpc) is 2.44. The molecule has 0 saturated carbocycles. The van der Waals surface area contributed by atoms with Crippen LogP contribution < -0.4 is 4.74 Å². The third kappa shape index (κ3) is 4.54. The lowest BCUT2D eigenvalue weighted by atomic mass is 10.1. The number of ether oxygens (including phenoxy) is 1. The summed E-state index contributed by atoms with van der Waals surface area (Å²) >= 11 is 5.81. The monoisotopic (exact) mass is 354 g/mol. The number of hydrogen-bond acceptors (Lipinski definition) is 1. The summed E-state index contributed by atoms with van der Waals surface area (Å²) in [5.41, 5.74) is -3.03. The van der Waals surface area contributed by atoms with Crippen LogP contribution in [0.2, 0.25) is 5.02 Å². The van der Waals surface area contributed by atoms with Gasteiger partial charge in [-0.3, -0.25) is 0 Å². The Bertz CT molecular complexity index is 661. The van der Waals surface area contributed by atoms with E-state index in [1.165, 1.54) is 12.1 Å². The maximum absolute atomic E-state index is 12.7. The van der Waals surface area contributed by atoms with Gasteiger partial charge in [0, 0.05) is 0 Å². The molecule has 0 aliphatic heterocycles. The number of alkyl halides is 6. The molecule has 23 heavy (non-hydrogen) atoms. The van der Waals surface area contributed by atoms with E-state index in [1.807, 2.05) is 0 Å². The Hall–Kier alpha value is -1.89. The van der Waals surface area contributed by atoms with Gasteiger partial charge in [-0.1, -0.05) is 23.7 Å². The first-order chi connectivity index (χ1) is 10.6. The van der Waals surface area contributed by atoms with Crippen molar-refractivity contribution in [1.29, 1.82) is 0 Å². The van der Waals surface area contributed by atoms with Crippen LogP contribution in [0, 0.1) is 0 Å². The van der Waals surface area contributed by atoms with Gasteiger partial charge >= 0.3 is 12.4 Å². The second kappa shape index (κ2) is 6.31. The van der Waals surface area contributed by atoms with E-state index in [4.69, 9.17) is 16.3 Å². The van der Waals surface area contributed by atoms with Gasteiger partial charge in [-0.2, -0.15) is 26.3 Å². The highest BCUT2D eigenvalue weighted by Gasteiger charge is 2.36. The fourth-order valence-corrected chi connectivity index (χ4v) is 2.02. The number of halogens is 7. The van der Waals surface area contributed by atoms with E-state index < -0.39 is 30.1 Å². The highest BCUT2D eigenvalue weighted by atomic mass is 35.5. The molecule has 8 heteroatoms. The lowest BCUT2D eigenvalue weighted by molar-refractivity contribution is -0.143. The first kappa shape index (κ1) is 17.5. The SMILES string of the molecule is FC(F)(F)c1cc(COc2ccccc2Cl)cc(C(F)(F)F)c1. The summed E-state index contributed by atoms with van der Waals surface area (Å²) in [5, 5.41) is 0.204. The van der Waals surface area contributed by atoms with Crippen LogP contribution >= 0.6 is 11.6 Å². The molecule has 0 radical (unpaired) electrons. The fraction of sp³-hybridized carbons (Fsp3) is 0.200. The summed E-state index contributed by atoms with van der Waals surface area (Å²) in [4.78, 5) is 0. The van der Waals surface area contributed by atoms with Crippen LogP contribution in [0.25, 0.3) is 0 Å². The Morgan fingerprint density at radius 2 is 1.35 bits per heavy atom. The second-order valence-corrected chi connectivity index (χ2v) is 5.04. The van der Waals surface area contributed by atoms with Crippen molar-refractivity contribution < 1.29 is 31.1 Å². The summed E-state index contributed by atoms with van der Waals surface area (Å²) in [6.07, 6.45) is -9.78. The normalized spacial score (nSPS) is 12.3. The third-order valence-electron chi connectivity index (χ3n) is 2.88. The Labute approximate surface area is 132 Å². The molecule has 0 aromatic heterocycles. The van der Waals surface area contributed by atoms with Crippen LogP contribution in [0.4, 0.5) is 26.3 Å². The molecule has 2 aromatic rings. The highest BCUT2D eigenvalue weighted by Crippen LogP contribution is 2.36. The van der Waals surface area contributed by atoms with Gasteiger partial charge in [0.15, 0.2) is 0 Å². The highest BCUT2D eigenvalue weighted by molar-refractivity contribution is 6.32. The quantitative estimate of drug-likeness (QED) is 0.618. The van der Waals surface area contributed by atoms with Crippen LogP contribution in [0.5, 0.6) is 5.75 Å². The summed E-state index contributed by atoms with van der Waals surface area (Å²) in [6, 6.07) is 7.44. The molecule has 0 unspecified atom stereocenters. The zero-order valence-corrected chi connectivity index (χ0v) is 12.1. The fourth-order valence-electron chi connectivity index (χ4n) is 1.83. The summed E-state index contributed by atoms with van der Waals surface area (Å²) in [6.45, 7) is -0.475. The van der Waals surface area contributed by atoms with E-state index in [9.17, 15) is 26.3 Å². The molecule has 0 fully saturated rings. The van der Waals surface area contributed by atoms with Crippen molar-refractivity contribution in [3.8, 4) is 5.75 Å². The van der Waals surface area contributed by atoms with Gasteiger partial charge in [-0.15, -0.1) is 0 Å². The Morgan fingerprint density at radius 3 is 1.83 bits per heavy atom. The lowest BCUT2D eigenvalue weighted by Crippen LogP contribution is -2.12. The van der Waals surface area contributed by atoms with Crippen molar-refractivity contribution in [3.05, 3.63) is 64.2 Å². The van der Waals surface area contributed by atoms with Crippen LogP contribution in [-0.4, -0.2) is 0 Å². The lowest BCUT2D eigenvalue weighted by Gasteiger charge is -2.15. The van der Waals surface area contributed by atoms with Crippen molar-refractivity contribution in [2.24, 2.45) is 0 Å². The van der Waals surface area contributed by atoms with E-state index in [-0.39, 0.29) is 22.4 Å². The molecule has 0 N–H and O–H groups in total. The third-order valence-corrected chi connectivity index (χ3v) is 3.19. The molecule has 0 aliphatic carbocycles. The zero-order valence-electron chi connectivity index (χ0n) is 11.3. The molecule has 0 heterocycles. The van der Waals surface area contributed by atoms with Gasteiger partial charge < -0.3 is 4.74 Å². The van der Waals surface area contributed by atoms with Gasteiger partial charge in [0.05, 0.1) is 16.1 Å². The molecule has 1 nitrogen and oxygen atoms in total.